The molecule has 0 saturated heterocycles. The third kappa shape index (κ3) is 1.75. The van der Waals surface area contributed by atoms with Crippen LogP contribution in [0.25, 0.3) is 0 Å². The fraction of sp³-hybridized carbons (Fsp3) is 0.600. The van der Waals surface area contributed by atoms with Crippen LogP contribution in [0.5, 0.6) is 5.75 Å². The van der Waals surface area contributed by atoms with E-state index in [2.05, 4.69) is 39.8 Å². The molecule has 1 aromatic rings. The normalized spacial score (nSPS) is 23.2. The SMILES string of the molecule is COc1ccc(C(N)C2C(C)(C)C2(C)C)cc1. The number of methoxy groups -OCH3 is 1. The number of nitrogens with two attached hydrogens (primary N) is 1. The van der Waals surface area contributed by atoms with E-state index in [9.17, 15) is 0 Å². The summed E-state index contributed by atoms with van der Waals surface area (Å²) in [5.41, 5.74) is 8.26. The standard InChI is InChI=1S/C15H23NO/c1-14(2)13(15(14,3)4)12(16)10-6-8-11(17-5)9-7-10/h6-9,12-13H,16H2,1-5H3. The van der Waals surface area contributed by atoms with Crippen LogP contribution in [0, 0.1) is 16.7 Å². The minimum atomic E-state index is 0.117. The molecule has 1 fully saturated rings. The Labute approximate surface area is 104 Å². The summed E-state index contributed by atoms with van der Waals surface area (Å²) in [7, 11) is 1.68. The molecule has 1 aliphatic carbocycles. The molecule has 0 heterocycles. The van der Waals surface area contributed by atoms with Gasteiger partial charge < -0.3 is 10.5 Å². The van der Waals surface area contributed by atoms with Crippen molar-refractivity contribution in [3.63, 3.8) is 0 Å². The number of rotatable bonds is 3. The zero-order valence-corrected chi connectivity index (χ0v) is 11.4. The molecule has 2 N–H and O–H groups in total. The fourth-order valence-corrected chi connectivity index (χ4v) is 3.16. The molecular formula is C15H23NO. The lowest BCUT2D eigenvalue weighted by Gasteiger charge is -2.14. The van der Waals surface area contributed by atoms with Crippen LogP contribution in [0.1, 0.15) is 39.3 Å². The molecule has 2 heteroatoms. The third-order valence-corrected chi connectivity index (χ3v) is 4.99. The van der Waals surface area contributed by atoms with Gasteiger partial charge in [0.2, 0.25) is 0 Å². The number of hydrogen-bond acceptors (Lipinski definition) is 2. The van der Waals surface area contributed by atoms with E-state index >= 15 is 0 Å². The van der Waals surface area contributed by atoms with Gasteiger partial charge in [-0.25, -0.2) is 0 Å². The van der Waals surface area contributed by atoms with Gasteiger partial charge in [-0.15, -0.1) is 0 Å². The van der Waals surface area contributed by atoms with Gasteiger partial charge in [0, 0.05) is 6.04 Å². The van der Waals surface area contributed by atoms with Gasteiger partial charge in [0.1, 0.15) is 5.75 Å². The first-order valence-corrected chi connectivity index (χ1v) is 6.22. The van der Waals surface area contributed by atoms with Gasteiger partial charge in [-0.1, -0.05) is 39.8 Å². The molecule has 0 bridgehead atoms. The van der Waals surface area contributed by atoms with Gasteiger partial charge in [0.25, 0.3) is 0 Å². The summed E-state index contributed by atoms with van der Waals surface area (Å²) in [4.78, 5) is 0. The van der Waals surface area contributed by atoms with Crippen LogP contribution in [0.3, 0.4) is 0 Å². The maximum atomic E-state index is 6.40. The molecule has 0 amide bonds. The Morgan fingerprint density at radius 1 is 1.06 bits per heavy atom. The van der Waals surface area contributed by atoms with E-state index in [0.29, 0.717) is 16.7 Å². The first-order chi connectivity index (χ1) is 7.82. The second kappa shape index (κ2) is 3.74. The topological polar surface area (TPSA) is 35.2 Å². The highest BCUT2D eigenvalue weighted by molar-refractivity contribution is 5.32. The van der Waals surface area contributed by atoms with Crippen molar-refractivity contribution < 1.29 is 4.74 Å². The van der Waals surface area contributed by atoms with Crippen molar-refractivity contribution in [1.29, 1.82) is 0 Å². The molecule has 0 aromatic heterocycles. The molecule has 0 radical (unpaired) electrons. The molecule has 2 nitrogen and oxygen atoms in total. The minimum absolute atomic E-state index is 0.117. The van der Waals surface area contributed by atoms with E-state index < -0.39 is 0 Å². The molecule has 1 atom stereocenters. The second-order valence-corrected chi connectivity index (χ2v) is 6.22. The van der Waals surface area contributed by atoms with Crippen LogP contribution >= 0.6 is 0 Å². The smallest absolute Gasteiger partial charge is 0.118 e. The van der Waals surface area contributed by atoms with Crippen molar-refractivity contribution in [2.75, 3.05) is 7.11 Å². The van der Waals surface area contributed by atoms with Crippen LogP contribution in [0.2, 0.25) is 0 Å². The van der Waals surface area contributed by atoms with Gasteiger partial charge in [-0.2, -0.15) is 0 Å². The third-order valence-electron chi connectivity index (χ3n) is 4.99. The maximum Gasteiger partial charge on any atom is 0.118 e. The molecule has 17 heavy (non-hydrogen) atoms. The highest BCUT2D eigenvalue weighted by atomic mass is 16.5. The summed E-state index contributed by atoms with van der Waals surface area (Å²) >= 11 is 0. The van der Waals surface area contributed by atoms with E-state index in [1.165, 1.54) is 5.56 Å². The van der Waals surface area contributed by atoms with Crippen LogP contribution in [0.4, 0.5) is 0 Å². The lowest BCUT2D eigenvalue weighted by molar-refractivity contribution is 0.414. The summed E-state index contributed by atoms with van der Waals surface area (Å²) in [6.45, 7) is 9.23. The largest absolute Gasteiger partial charge is 0.497 e. The van der Waals surface area contributed by atoms with Gasteiger partial charge in [-0.3, -0.25) is 0 Å². The lowest BCUT2D eigenvalue weighted by Crippen LogP contribution is -2.16. The number of hydrogen-bond donors (Lipinski definition) is 1. The van der Waals surface area contributed by atoms with E-state index in [1.54, 1.807) is 7.11 Å². The number of benzene rings is 1. The van der Waals surface area contributed by atoms with E-state index in [0.717, 1.165) is 5.75 Å². The summed E-state index contributed by atoms with van der Waals surface area (Å²) in [6.07, 6.45) is 0. The van der Waals surface area contributed by atoms with Crippen LogP contribution in [-0.4, -0.2) is 7.11 Å². The van der Waals surface area contributed by atoms with Gasteiger partial charge in [-0.05, 0) is 34.4 Å². The monoisotopic (exact) mass is 233 g/mol. The molecule has 2 rings (SSSR count). The highest BCUT2D eigenvalue weighted by Crippen LogP contribution is 2.71. The molecule has 1 aliphatic rings. The Bertz CT molecular complexity index is 391. The van der Waals surface area contributed by atoms with Crippen molar-refractivity contribution in [2.45, 2.75) is 33.7 Å². The first kappa shape index (κ1) is 12.4. The molecule has 0 aliphatic heterocycles. The highest BCUT2D eigenvalue weighted by Gasteiger charge is 2.66. The Morgan fingerprint density at radius 3 is 1.88 bits per heavy atom. The summed E-state index contributed by atoms with van der Waals surface area (Å²) in [5.74, 6) is 1.43. The lowest BCUT2D eigenvalue weighted by atomic mass is 9.97. The van der Waals surface area contributed by atoms with Crippen molar-refractivity contribution in [1.82, 2.24) is 0 Å². The Hall–Kier alpha value is -1.02. The number of ether oxygens (including phenoxy) is 1. The van der Waals surface area contributed by atoms with Gasteiger partial charge >= 0.3 is 0 Å². The summed E-state index contributed by atoms with van der Waals surface area (Å²) < 4.78 is 5.17. The van der Waals surface area contributed by atoms with Crippen LogP contribution < -0.4 is 10.5 Å². The van der Waals surface area contributed by atoms with Crippen LogP contribution in [-0.2, 0) is 0 Å². The van der Waals surface area contributed by atoms with Crippen LogP contribution in [0.15, 0.2) is 24.3 Å². The Morgan fingerprint density at radius 2 is 1.53 bits per heavy atom. The molecule has 0 spiro atoms. The van der Waals surface area contributed by atoms with Crippen molar-refractivity contribution in [2.24, 2.45) is 22.5 Å². The summed E-state index contributed by atoms with van der Waals surface area (Å²) in [5, 5.41) is 0. The van der Waals surface area contributed by atoms with Gasteiger partial charge in [0.05, 0.1) is 7.11 Å². The predicted octanol–water partition coefficient (Wildman–Crippen LogP) is 3.38. The van der Waals surface area contributed by atoms with Crippen molar-refractivity contribution in [3.8, 4) is 5.75 Å². The Balaban J connectivity index is 2.19. The van der Waals surface area contributed by atoms with E-state index in [-0.39, 0.29) is 6.04 Å². The molecule has 1 unspecified atom stereocenters. The van der Waals surface area contributed by atoms with Gasteiger partial charge in [0.15, 0.2) is 0 Å². The Kier molecular flexibility index (Phi) is 2.74. The molecule has 1 aromatic carbocycles. The molecular weight excluding hydrogens is 210 g/mol. The maximum absolute atomic E-state index is 6.40. The zero-order valence-electron chi connectivity index (χ0n) is 11.4. The molecule has 1 saturated carbocycles. The fourth-order valence-electron chi connectivity index (χ4n) is 3.16. The molecule has 94 valence electrons. The van der Waals surface area contributed by atoms with E-state index in [1.807, 2.05) is 12.1 Å². The average Bonchev–Trinajstić information content (AvgIpc) is 2.69. The average molecular weight is 233 g/mol. The summed E-state index contributed by atoms with van der Waals surface area (Å²) in [6, 6.07) is 8.24. The zero-order chi connectivity index (χ0) is 12.8. The minimum Gasteiger partial charge on any atom is -0.497 e. The quantitative estimate of drug-likeness (QED) is 0.868. The van der Waals surface area contributed by atoms with E-state index in [4.69, 9.17) is 10.5 Å². The van der Waals surface area contributed by atoms with Crippen molar-refractivity contribution in [3.05, 3.63) is 29.8 Å². The van der Waals surface area contributed by atoms with Crippen molar-refractivity contribution >= 4 is 0 Å². The predicted molar refractivity (Wildman–Crippen MR) is 71.0 cm³/mol. The second-order valence-electron chi connectivity index (χ2n) is 6.22. The first-order valence-electron chi connectivity index (χ1n) is 6.22.